The Bertz CT molecular complexity index is 3160. The van der Waals surface area contributed by atoms with Crippen molar-refractivity contribution in [2.45, 2.75) is 251 Å². The SMILES string of the molecule is CC[C@H]1OC(O)[C@@H](OC(C)=O)[C@@H](OC(C)=O)[C@@H]1C.CC[C@H]1O[C@H](OC(C)=O)[C@@H](OC(C)=O)[C@@H](OC(C)=O)[C@@H]1C.CC[C@H]1O[C@H](OP(=O)(Oc2ccccc2)Oc2ccccc2)[C@@H](OC(C)=O)[C@@H](OC(C)=O)[C@@H]1C.CO[C@H]1O[C@@H]2CO[C@@H](c3ccccc3)O[C@H]2[C@H](O)[C@@H]1O.CO[C@H]1O[C@H](CO)[C@@H](O)[C@H](O)[C@@H]1O. The maximum absolute atomic E-state index is 13.9. The summed E-state index contributed by atoms with van der Waals surface area (Å²) in [6, 6.07) is 26.2. The number of ether oxygens (including phenoxy) is 16. The number of fused-ring (bicyclic) bond motifs is 1. The fourth-order valence-electron chi connectivity index (χ4n) is 12.1. The fourth-order valence-corrected chi connectivity index (χ4v) is 13.5. The first-order valence-corrected chi connectivity index (χ1v) is 35.9. The quantitative estimate of drug-likeness (QED) is 0.0470. The fraction of sp³-hybridized carbons (Fsp3) is 0.648. The minimum Gasteiger partial charge on any atom is -0.458 e. The number of hydrogen-bond donors (Lipinski definition) is 7. The molecule has 9 rings (SSSR count). The first-order chi connectivity index (χ1) is 50.1. The molecule has 7 N–H and O–H groups in total. The smallest absolute Gasteiger partial charge is 0.458 e. The van der Waals surface area contributed by atoms with E-state index in [0.717, 1.165) is 5.56 Å². The molecule has 0 spiro atoms. The van der Waals surface area contributed by atoms with Crippen LogP contribution < -0.4 is 9.05 Å². The van der Waals surface area contributed by atoms with Crippen LogP contribution in [-0.4, -0.2) is 240 Å². The van der Waals surface area contributed by atoms with E-state index in [9.17, 15) is 68.8 Å². The lowest BCUT2D eigenvalue weighted by atomic mass is 9.89. The number of aliphatic hydroxyl groups is 7. The van der Waals surface area contributed by atoms with Crippen molar-refractivity contribution in [2.24, 2.45) is 17.8 Å². The summed E-state index contributed by atoms with van der Waals surface area (Å²) < 4.78 is 116. The maximum atomic E-state index is 13.9. The second-order valence-electron chi connectivity index (χ2n) is 25.2. The van der Waals surface area contributed by atoms with Gasteiger partial charge in [-0.05, 0) is 43.5 Å². The Kier molecular flexibility index (Phi) is 36.7. The van der Waals surface area contributed by atoms with E-state index in [1.807, 2.05) is 71.9 Å². The summed E-state index contributed by atoms with van der Waals surface area (Å²) in [6.07, 6.45) is -19.0. The van der Waals surface area contributed by atoms with Crippen molar-refractivity contribution < 1.29 is 163 Å². The number of phosphoric acid groups is 1. The van der Waals surface area contributed by atoms with Gasteiger partial charge in [-0.3, -0.25) is 33.6 Å². The Labute approximate surface area is 614 Å². The minimum absolute atomic E-state index is 0.161. The molecule has 6 saturated heterocycles. The van der Waals surface area contributed by atoms with E-state index in [2.05, 4.69) is 0 Å². The maximum Gasteiger partial charge on any atom is 0.590 e. The van der Waals surface area contributed by atoms with Crippen LogP contribution in [0.25, 0.3) is 0 Å². The molecule has 6 aliphatic rings. The Hall–Kier alpha value is -6.90. The summed E-state index contributed by atoms with van der Waals surface area (Å²) in [7, 11) is -1.67. The van der Waals surface area contributed by atoms with Crippen molar-refractivity contribution in [2.75, 3.05) is 27.4 Å². The average molecular weight is 1530 g/mol. The summed E-state index contributed by atoms with van der Waals surface area (Å²) in [6.45, 7) is 19.7. The van der Waals surface area contributed by atoms with Gasteiger partial charge in [-0.15, -0.1) is 0 Å². The second kappa shape index (κ2) is 43.3. The zero-order valence-corrected chi connectivity index (χ0v) is 62.7. The largest absolute Gasteiger partial charge is 0.590 e. The van der Waals surface area contributed by atoms with Crippen molar-refractivity contribution in [3.63, 3.8) is 0 Å². The van der Waals surface area contributed by atoms with Crippen molar-refractivity contribution in [1.29, 1.82) is 0 Å². The second-order valence-corrected chi connectivity index (χ2v) is 26.7. The molecule has 0 aliphatic carbocycles. The Balaban J connectivity index is 0.000000247. The van der Waals surface area contributed by atoms with Gasteiger partial charge in [-0.2, -0.15) is 0 Å². The minimum atomic E-state index is -4.39. The predicted octanol–water partition coefficient (Wildman–Crippen LogP) is 4.33. The molecule has 0 saturated carbocycles. The lowest BCUT2D eigenvalue weighted by molar-refractivity contribution is -0.358. The molecule has 0 bridgehead atoms. The van der Waals surface area contributed by atoms with Crippen LogP contribution >= 0.6 is 7.82 Å². The number of phosphoric ester groups is 1. The first-order valence-electron chi connectivity index (χ1n) is 34.5. The first kappa shape index (κ1) is 89.7. The van der Waals surface area contributed by atoms with E-state index in [0.29, 0.717) is 19.3 Å². The van der Waals surface area contributed by atoms with E-state index in [1.54, 1.807) is 60.7 Å². The monoisotopic (exact) mass is 1530 g/mol. The topological polar surface area (TPSA) is 454 Å². The zero-order valence-electron chi connectivity index (χ0n) is 61.8. The molecule has 0 aromatic heterocycles. The molecular formula is C71H103O34P. The average Bonchev–Trinajstić information content (AvgIpc) is 0.807. The number of methoxy groups -OCH3 is 2. The normalized spacial score (nSPS) is 33.8. The molecule has 34 nitrogen and oxygen atoms in total. The zero-order chi connectivity index (χ0) is 78.9. The molecule has 3 aromatic carbocycles. The van der Waals surface area contributed by atoms with E-state index in [4.69, 9.17) is 94.5 Å². The molecule has 0 radical (unpaired) electrons. The standard InChI is InChI=1S/C24H29O9P.C14H22O7.C14H18O6.C12H20O6.C7H14O6/c1-5-21-16(2)22(28-17(3)25)23(29-18(4)26)24(30-21)33-34(27,31-19-12-8-6-9-13-19)32-20-14-10-7-11-15-20;1-6-11-7(2)12(18-8(3)15)13(19-9(4)16)14(21-11)20-10(5)17;1-17-14-11(16)10(15)12-9(19-14)7-18-13(20-12)8-5-3-2-4-6-8;1-5-9-6(2)10(16-7(3)13)11(12(15)18-9)17-8(4)14;1-12-7-6(11)5(10)4(9)3(2-8)13-7/h6-16,21-24H,5H2,1-4H3;7,11-14H,6H2,1-5H3;2-6,9-16H,7H2,1H3;6,9-12,15H,5H2,1-4H3;3-11H,2H2,1H3/t16-,21-,22+,23+,24-;7-,11-,12+,13+,14+;9-,10-,11+,12-,13-,14+;6-,9-,10+,11+,12?;3-,4-,5+,6+,7+/m11111/s1. The third-order valence-corrected chi connectivity index (χ3v) is 18.5. The van der Waals surface area contributed by atoms with Crippen molar-refractivity contribution in [3.05, 3.63) is 96.6 Å². The predicted molar refractivity (Wildman–Crippen MR) is 363 cm³/mol. The molecule has 0 amide bonds. The highest BCUT2D eigenvalue weighted by molar-refractivity contribution is 7.49. The molecular weight excluding hydrogens is 1430 g/mol. The van der Waals surface area contributed by atoms with Crippen LogP contribution in [0, 0.1) is 17.8 Å². The van der Waals surface area contributed by atoms with Gasteiger partial charge in [-0.25, -0.2) is 9.09 Å². The number of carbonyl (C=O) groups is 7. The molecule has 596 valence electrons. The number of hydrogen-bond acceptors (Lipinski definition) is 34. The van der Waals surface area contributed by atoms with Gasteiger partial charge in [-0.1, -0.05) is 108 Å². The summed E-state index contributed by atoms with van der Waals surface area (Å²) in [4.78, 5) is 79.6. The summed E-state index contributed by atoms with van der Waals surface area (Å²) in [5, 5.41) is 66.5. The Morgan fingerprint density at radius 3 is 1.19 bits per heavy atom. The van der Waals surface area contributed by atoms with Gasteiger partial charge >= 0.3 is 49.6 Å². The number of carbonyl (C=O) groups excluding carboxylic acids is 7. The molecule has 106 heavy (non-hydrogen) atoms. The molecule has 35 heteroatoms. The van der Waals surface area contributed by atoms with E-state index >= 15 is 0 Å². The van der Waals surface area contributed by atoms with E-state index in [-0.39, 0.29) is 48.1 Å². The lowest BCUT2D eigenvalue weighted by Crippen LogP contribution is -2.62. The van der Waals surface area contributed by atoms with Gasteiger partial charge < -0.3 is 121 Å². The molecule has 6 heterocycles. The van der Waals surface area contributed by atoms with Crippen molar-refractivity contribution in [3.8, 4) is 11.5 Å². The number of rotatable bonds is 20. The number of para-hydroxylation sites is 2. The van der Waals surface area contributed by atoms with Gasteiger partial charge in [0.05, 0.1) is 31.5 Å². The van der Waals surface area contributed by atoms with E-state index < -0.39 is 186 Å². The van der Waals surface area contributed by atoms with Crippen molar-refractivity contribution >= 4 is 49.6 Å². The third kappa shape index (κ3) is 26.2. The molecule has 3 aromatic rings. The van der Waals surface area contributed by atoms with Crippen molar-refractivity contribution in [1.82, 2.24) is 0 Å². The van der Waals surface area contributed by atoms with Crippen LogP contribution in [0.3, 0.4) is 0 Å². The van der Waals surface area contributed by atoms with Crippen LogP contribution in [0.2, 0.25) is 0 Å². The highest BCUT2D eigenvalue weighted by atomic mass is 31.2. The molecule has 6 aliphatic heterocycles. The van der Waals surface area contributed by atoms with Crippen LogP contribution in [0.4, 0.5) is 0 Å². The van der Waals surface area contributed by atoms with Crippen LogP contribution in [0.5, 0.6) is 11.5 Å². The van der Waals surface area contributed by atoms with Crippen LogP contribution in [-0.2, 0) is 118 Å². The summed E-state index contributed by atoms with van der Waals surface area (Å²) in [5.74, 6) is -4.10. The van der Waals surface area contributed by atoms with Gasteiger partial charge in [0.1, 0.15) is 78.6 Å². The number of aliphatic hydroxyl groups excluding tert-OH is 7. The number of benzene rings is 3. The third-order valence-electron chi connectivity index (χ3n) is 17.2. The Morgan fingerprint density at radius 1 is 0.415 bits per heavy atom. The highest BCUT2D eigenvalue weighted by Gasteiger charge is 2.54. The van der Waals surface area contributed by atoms with Gasteiger partial charge in [0.2, 0.25) is 18.7 Å². The van der Waals surface area contributed by atoms with Gasteiger partial charge in [0, 0.05) is 86.0 Å². The molecule has 1 unspecified atom stereocenters. The van der Waals surface area contributed by atoms with Crippen LogP contribution in [0.15, 0.2) is 91.0 Å². The van der Waals surface area contributed by atoms with E-state index in [1.165, 1.54) is 62.7 Å². The summed E-state index contributed by atoms with van der Waals surface area (Å²) >= 11 is 0. The highest BCUT2D eigenvalue weighted by Crippen LogP contribution is 2.53. The molecule has 6 fully saturated rings. The number of esters is 7. The molecule has 26 atom stereocenters. The summed E-state index contributed by atoms with van der Waals surface area (Å²) in [5.41, 5.74) is 0.863. The Morgan fingerprint density at radius 2 is 0.774 bits per heavy atom. The van der Waals surface area contributed by atoms with Gasteiger partial charge in [0.15, 0.2) is 37.4 Å². The van der Waals surface area contributed by atoms with Crippen LogP contribution in [0.1, 0.15) is 121 Å². The van der Waals surface area contributed by atoms with Gasteiger partial charge in [0.25, 0.3) is 0 Å². The lowest BCUT2D eigenvalue weighted by Gasteiger charge is -2.45.